The van der Waals surface area contributed by atoms with Crippen molar-refractivity contribution in [1.82, 2.24) is 0 Å². The predicted molar refractivity (Wildman–Crippen MR) is 198 cm³/mol. The highest BCUT2D eigenvalue weighted by Crippen LogP contribution is 2.46. The lowest BCUT2D eigenvalue weighted by atomic mass is 9.83. The molecule has 0 saturated heterocycles. The van der Waals surface area contributed by atoms with E-state index in [1.165, 1.54) is 0 Å². The van der Waals surface area contributed by atoms with Gasteiger partial charge in [0, 0.05) is 0 Å². The molecule has 0 aliphatic heterocycles. The summed E-state index contributed by atoms with van der Waals surface area (Å²) in [5.74, 6) is 0. The van der Waals surface area contributed by atoms with Crippen molar-refractivity contribution in [3.8, 4) is 44.5 Å². The van der Waals surface area contributed by atoms with Crippen molar-refractivity contribution in [3.05, 3.63) is 182 Å². The topological polar surface area (TPSA) is 0 Å². The van der Waals surface area contributed by atoms with E-state index < -0.39 is 0 Å². The van der Waals surface area contributed by atoms with Crippen LogP contribution in [0.3, 0.4) is 0 Å². The lowest BCUT2D eigenvalue weighted by Crippen LogP contribution is -1.92. The van der Waals surface area contributed by atoms with Gasteiger partial charge in [-0.25, -0.2) is 0 Å². The highest BCUT2D eigenvalue weighted by Gasteiger charge is 2.19. The molecule has 0 atom stereocenters. The first kappa shape index (κ1) is 20.1. The Morgan fingerprint density at radius 2 is 0.848 bits per heavy atom. The Bertz CT molecular complexity index is 2940. The predicted octanol–water partition coefficient (Wildman–Crippen LogP) is 13.0. The largest absolute Gasteiger partial charge is 0.0636 e. The summed E-state index contributed by atoms with van der Waals surface area (Å²) in [5.41, 5.74) is 5.10. The summed E-state index contributed by atoms with van der Waals surface area (Å²) in [4.78, 5) is 0. The molecule has 0 saturated carbocycles. The second-order valence-electron chi connectivity index (χ2n) is 11.5. The van der Waals surface area contributed by atoms with Gasteiger partial charge in [-0.1, -0.05) is 176 Å². The Morgan fingerprint density at radius 1 is 0.304 bits per heavy atom. The molecule has 0 aliphatic rings. The number of rotatable bonds is 4. The van der Waals surface area contributed by atoms with Crippen LogP contribution in [0.1, 0.15) is 9.60 Å². The van der Waals surface area contributed by atoms with Crippen molar-refractivity contribution in [3.63, 3.8) is 0 Å². The molecule has 9 rings (SSSR count). The molecular weight excluding hydrogens is 553 g/mol. The SMILES string of the molecule is [2H]c1c([2H])c([2H])c2c(-c3cccc4ccccc34)c3c([2H])c([2H])c(-c4ccccc4)c([2H])c3c(-c3ccc(-c4cccc5ccccc45)cc3)c2c1[2H]. The van der Waals surface area contributed by atoms with E-state index >= 15 is 0 Å². The molecule has 9 aromatic rings. The molecule has 0 aromatic heterocycles. The van der Waals surface area contributed by atoms with Gasteiger partial charge in [0.25, 0.3) is 0 Å². The maximum atomic E-state index is 9.89. The van der Waals surface area contributed by atoms with Crippen molar-refractivity contribution >= 4 is 43.1 Å². The first-order valence-corrected chi connectivity index (χ1v) is 15.4. The number of fused-ring (bicyclic) bond motifs is 4. The van der Waals surface area contributed by atoms with Crippen molar-refractivity contribution in [2.24, 2.45) is 0 Å². The zero-order valence-corrected chi connectivity index (χ0v) is 24.8. The van der Waals surface area contributed by atoms with Crippen molar-refractivity contribution in [2.75, 3.05) is 0 Å². The Kier molecular flexibility index (Phi) is 4.76. The molecule has 9 aromatic carbocycles. The van der Waals surface area contributed by atoms with Gasteiger partial charge in [0.1, 0.15) is 0 Å². The van der Waals surface area contributed by atoms with Crippen LogP contribution in [0.15, 0.2) is 182 Å². The van der Waals surface area contributed by atoms with Crippen LogP contribution >= 0.6 is 0 Å². The highest BCUT2D eigenvalue weighted by molar-refractivity contribution is 6.24. The minimum atomic E-state index is -0.384. The first-order valence-electron chi connectivity index (χ1n) is 18.9. The van der Waals surface area contributed by atoms with Gasteiger partial charge in [-0.2, -0.15) is 0 Å². The van der Waals surface area contributed by atoms with E-state index in [1.807, 2.05) is 115 Å². The molecular formula is C46H30. The van der Waals surface area contributed by atoms with Crippen LogP contribution in [-0.2, 0) is 0 Å². The fourth-order valence-corrected chi connectivity index (χ4v) is 6.76. The number of benzene rings is 9. The molecule has 0 heterocycles. The maximum absolute atomic E-state index is 9.89. The molecule has 0 N–H and O–H groups in total. The number of hydrogen-bond acceptors (Lipinski definition) is 0. The molecule has 0 bridgehead atoms. The first-order chi connectivity index (χ1) is 25.8. The van der Waals surface area contributed by atoms with E-state index in [0.717, 1.165) is 32.7 Å². The summed E-state index contributed by atoms with van der Waals surface area (Å²) in [7, 11) is 0. The molecule has 0 unspecified atom stereocenters. The van der Waals surface area contributed by atoms with Crippen LogP contribution in [0, 0.1) is 0 Å². The van der Waals surface area contributed by atoms with E-state index in [-0.39, 0.29) is 53.1 Å². The molecule has 0 radical (unpaired) electrons. The lowest BCUT2D eigenvalue weighted by Gasteiger charge is -2.20. The fraction of sp³-hybridized carbons (Fsp3) is 0. The van der Waals surface area contributed by atoms with Crippen molar-refractivity contribution < 1.29 is 9.60 Å². The Balaban J connectivity index is 1.49. The Labute approximate surface area is 278 Å². The third-order valence-corrected chi connectivity index (χ3v) is 8.90. The van der Waals surface area contributed by atoms with E-state index in [1.54, 1.807) is 0 Å². The fourth-order valence-electron chi connectivity index (χ4n) is 6.76. The average Bonchev–Trinajstić information content (AvgIpc) is 3.20. The molecule has 0 nitrogen and oxygen atoms in total. The molecule has 0 amide bonds. The van der Waals surface area contributed by atoms with Gasteiger partial charge in [-0.05, 0) is 93.6 Å². The normalized spacial score (nSPS) is 13.6. The average molecular weight is 590 g/mol. The summed E-state index contributed by atoms with van der Waals surface area (Å²) in [6.07, 6.45) is 0. The van der Waals surface area contributed by atoms with E-state index in [0.29, 0.717) is 44.2 Å². The molecule has 214 valence electrons. The van der Waals surface area contributed by atoms with Gasteiger partial charge in [-0.15, -0.1) is 0 Å². The minimum absolute atomic E-state index is 0.0242. The number of hydrogen-bond donors (Lipinski definition) is 0. The zero-order chi connectivity index (χ0) is 36.5. The molecule has 0 aliphatic carbocycles. The van der Waals surface area contributed by atoms with Crippen LogP contribution < -0.4 is 0 Å². The van der Waals surface area contributed by atoms with E-state index in [9.17, 15) is 6.85 Å². The van der Waals surface area contributed by atoms with Crippen LogP contribution in [0.25, 0.3) is 87.6 Å². The summed E-state index contributed by atoms with van der Waals surface area (Å²) in [5, 5.41) is 5.18. The third-order valence-electron chi connectivity index (χ3n) is 8.90. The van der Waals surface area contributed by atoms with Crippen LogP contribution in [0.5, 0.6) is 0 Å². The summed E-state index contributed by atoms with van der Waals surface area (Å²) in [6.45, 7) is 0. The van der Waals surface area contributed by atoms with Gasteiger partial charge in [-0.3, -0.25) is 0 Å². The molecule has 0 fully saturated rings. The summed E-state index contributed by atoms with van der Waals surface area (Å²) >= 11 is 0. The van der Waals surface area contributed by atoms with E-state index in [2.05, 4.69) is 24.3 Å². The van der Waals surface area contributed by atoms with Crippen LogP contribution in [0.2, 0.25) is 0 Å². The Morgan fingerprint density at radius 3 is 1.57 bits per heavy atom. The molecule has 0 spiro atoms. The molecule has 0 heteroatoms. The van der Waals surface area contributed by atoms with E-state index in [4.69, 9.17) is 2.74 Å². The van der Waals surface area contributed by atoms with Gasteiger partial charge < -0.3 is 0 Å². The standard InChI is InChI=1S/C46H30/c1-2-12-31(13-3-1)36-28-29-43-44(30-36)45(35-26-24-34(25-27-35)38-22-10-16-32-14-4-6-18-37(32)38)41-20-8-9-21-42(41)46(43)40-23-11-17-33-15-5-7-19-39(33)40/h1-30H/i8D,9D,20D,21D,28D,29D,30D. The smallest absolute Gasteiger partial charge is 0.0622 e. The van der Waals surface area contributed by atoms with Gasteiger partial charge >= 0.3 is 0 Å². The van der Waals surface area contributed by atoms with Gasteiger partial charge in [0.2, 0.25) is 0 Å². The lowest BCUT2D eigenvalue weighted by molar-refractivity contribution is 1.62. The van der Waals surface area contributed by atoms with Crippen LogP contribution in [0.4, 0.5) is 0 Å². The quantitative estimate of drug-likeness (QED) is 0.179. The zero-order valence-electron chi connectivity index (χ0n) is 31.8. The van der Waals surface area contributed by atoms with Gasteiger partial charge in [0.15, 0.2) is 0 Å². The second-order valence-corrected chi connectivity index (χ2v) is 11.5. The molecule has 46 heavy (non-hydrogen) atoms. The maximum Gasteiger partial charge on any atom is 0.0636 e. The van der Waals surface area contributed by atoms with Gasteiger partial charge in [0.05, 0.1) is 9.60 Å². The third kappa shape index (κ3) is 4.30. The van der Waals surface area contributed by atoms with Crippen molar-refractivity contribution in [1.29, 1.82) is 0 Å². The Hall–Kier alpha value is -5.98. The summed E-state index contributed by atoms with van der Waals surface area (Å²) < 4.78 is 65.5. The minimum Gasteiger partial charge on any atom is -0.0622 e. The van der Waals surface area contributed by atoms with Crippen molar-refractivity contribution in [2.45, 2.75) is 0 Å². The highest BCUT2D eigenvalue weighted by atomic mass is 14.2. The van der Waals surface area contributed by atoms with Crippen LogP contribution in [-0.4, -0.2) is 0 Å². The second kappa shape index (κ2) is 10.9. The summed E-state index contributed by atoms with van der Waals surface area (Å²) in [6, 6.07) is 43.6. The monoisotopic (exact) mass is 589 g/mol.